The molecule has 1 unspecified atom stereocenters. The quantitative estimate of drug-likeness (QED) is 0.760. The Morgan fingerprint density at radius 2 is 2.00 bits per heavy atom. The fourth-order valence-electron chi connectivity index (χ4n) is 1.94. The summed E-state index contributed by atoms with van der Waals surface area (Å²) in [4.78, 5) is 23.6. The summed E-state index contributed by atoms with van der Waals surface area (Å²) >= 11 is 0. The van der Waals surface area contributed by atoms with E-state index in [0.717, 1.165) is 18.5 Å². The third kappa shape index (κ3) is 3.06. The van der Waals surface area contributed by atoms with Gasteiger partial charge in [-0.2, -0.15) is 0 Å². The zero-order valence-electron chi connectivity index (χ0n) is 9.61. The van der Waals surface area contributed by atoms with Crippen LogP contribution < -0.4 is 10.6 Å². The molecule has 0 spiro atoms. The summed E-state index contributed by atoms with van der Waals surface area (Å²) in [7, 11) is 0. The van der Waals surface area contributed by atoms with E-state index in [1.54, 1.807) is 0 Å². The molecule has 1 atom stereocenters. The number of nitrogens with one attached hydrogen (secondary N) is 2. The number of hydrogen-bond acceptors (Lipinski definition) is 2. The third-order valence-corrected chi connectivity index (χ3v) is 2.89. The van der Waals surface area contributed by atoms with Gasteiger partial charge in [-0.1, -0.05) is 24.6 Å². The Morgan fingerprint density at radius 3 is 2.76 bits per heavy atom. The molecule has 2 amide bonds. The second kappa shape index (κ2) is 5.48. The van der Waals surface area contributed by atoms with Crippen LogP contribution in [0.5, 0.6) is 0 Å². The van der Waals surface area contributed by atoms with Gasteiger partial charge in [0.25, 0.3) is 0 Å². The van der Waals surface area contributed by atoms with Gasteiger partial charge in [0.05, 0.1) is 0 Å². The molecule has 1 saturated heterocycles. The lowest BCUT2D eigenvalue weighted by Gasteiger charge is -2.13. The molecule has 1 aliphatic rings. The van der Waals surface area contributed by atoms with Crippen molar-refractivity contribution >= 4 is 17.5 Å². The van der Waals surface area contributed by atoms with Crippen LogP contribution in [0, 0.1) is 5.92 Å². The molecule has 2 N–H and O–H groups in total. The van der Waals surface area contributed by atoms with Crippen molar-refractivity contribution in [2.45, 2.75) is 19.3 Å². The van der Waals surface area contributed by atoms with Crippen LogP contribution in [-0.4, -0.2) is 18.4 Å². The second-order valence-electron chi connectivity index (χ2n) is 4.19. The fraction of sp³-hybridized carbons (Fsp3) is 0.385. The third-order valence-electron chi connectivity index (χ3n) is 2.89. The Hall–Kier alpha value is -1.84. The number of anilines is 1. The molecule has 17 heavy (non-hydrogen) atoms. The highest BCUT2D eigenvalue weighted by Gasteiger charge is 2.27. The summed E-state index contributed by atoms with van der Waals surface area (Å²) < 4.78 is 0. The Morgan fingerprint density at radius 1 is 1.24 bits per heavy atom. The van der Waals surface area contributed by atoms with Crippen LogP contribution in [0.15, 0.2) is 30.3 Å². The summed E-state index contributed by atoms with van der Waals surface area (Å²) in [5, 5.41) is 5.53. The molecular weight excluding hydrogens is 216 g/mol. The summed E-state index contributed by atoms with van der Waals surface area (Å²) in [5.41, 5.74) is 0.731. The van der Waals surface area contributed by atoms with E-state index in [2.05, 4.69) is 10.6 Å². The smallest absolute Gasteiger partial charge is 0.236 e. The second-order valence-corrected chi connectivity index (χ2v) is 4.19. The van der Waals surface area contributed by atoms with Crippen LogP contribution in [0.2, 0.25) is 0 Å². The van der Waals surface area contributed by atoms with Gasteiger partial charge in [-0.15, -0.1) is 0 Å². The van der Waals surface area contributed by atoms with Crippen LogP contribution in [0.1, 0.15) is 19.3 Å². The molecule has 1 fully saturated rings. The van der Waals surface area contributed by atoms with Crippen LogP contribution in [0.25, 0.3) is 0 Å². The molecule has 0 radical (unpaired) electrons. The van der Waals surface area contributed by atoms with Gasteiger partial charge in [0.2, 0.25) is 11.8 Å². The van der Waals surface area contributed by atoms with E-state index < -0.39 is 5.92 Å². The van der Waals surface area contributed by atoms with E-state index in [0.29, 0.717) is 13.0 Å². The fourth-order valence-corrected chi connectivity index (χ4v) is 1.94. The molecule has 4 nitrogen and oxygen atoms in total. The van der Waals surface area contributed by atoms with Gasteiger partial charge < -0.3 is 10.6 Å². The SMILES string of the molecule is O=C1NCCCCC1C(=O)Nc1ccccc1. The standard InChI is InChI=1S/C13H16N2O2/c16-12-11(8-4-5-9-14-12)13(17)15-10-6-2-1-3-7-10/h1-3,6-7,11H,4-5,8-9H2,(H,14,16)(H,15,17). The molecule has 90 valence electrons. The summed E-state index contributed by atoms with van der Waals surface area (Å²) in [6, 6.07) is 9.21. The molecule has 0 saturated carbocycles. The minimum absolute atomic E-state index is 0.157. The summed E-state index contributed by atoms with van der Waals surface area (Å²) in [6.07, 6.45) is 2.48. The lowest BCUT2D eigenvalue weighted by molar-refractivity contribution is -0.132. The number of hydrogen-bond donors (Lipinski definition) is 2. The van der Waals surface area contributed by atoms with Crippen molar-refractivity contribution in [2.24, 2.45) is 5.92 Å². The zero-order chi connectivity index (χ0) is 12.1. The zero-order valence-corrected chi connectivity index (χ0v) is 9.61. The Kier molecular flexibility index (Phi) is 3.75. The van der Waals surface area contributed by atoms with E-state index in [-0.39, 0.29) is 11.8 Å². The van der Waals surface area contributed by atoms with E-state index in [1.807, 2.05) is 30.3 Å². The number of carbonyl (C=O) groups excluding carboxylic acids is 2. The van der Waals surface area contributed by atoms with E-state index in [1.165, 1.54) is 0 Å². The van der Waals surface area contributed by atoms with Crippen molar-refractivity contribution in [1.82, 2.24) is 5.32 Å². The molecule has 0 aromatic heterocycles. The van der Waals surface area contributed by atoms with Gasteiger partial charge in [0.15, 0.2) is 0 Å². The lowest BCUT2D eigenvalue weighted by Crippen LogP contribution is -2.36. The average molecular weight is 232 g/mol. The summed E-state index contributed by atoms with van der Waals surface area (Å²) in [6.45, 7) is 0.675. The van der Waals surface area contributed by atoms with Gasteiger partial charge in [0.1, 0.15) is 5.92 Å². The Balaban J connectivity index is 2.01. The van der Waals surface area contributed by atoms with Gasteiger partial charge in [0, 0.05) is 12.2 Å². The van der Waals surface area contributed by atoms with Crippen molar-refractivity contribution in [3.8, 4) is 0 Å². The molecule has 0 aliphatic carbocycles. The first kappa shape index (κ1) is 11.6. The van der Waals surface area contributed by atoms with Crippen LogP contribution in [-0.2, 0) is 9.59 Å². The normalized spacial score (nSPS) is 20.2. The van der Waals surface area contributed by atoms with Crippen LogP contribution >= 0.6 is 0 Å². The minimum atomic E-state index is -0.558. The molecule has 1 aromatic rings. The van der Waals surface area contributed by atoms with Crippen molar-refractivity contribution in [3.63, 3.8) is 0 Å². The van der Waals surface area contributed by atoms with Crippen molar-refractivity contribution in [3.05, 3.63) is 30.3 Å². The molecule has 0 bridgehead atoms. The molecule has 1 heterocycles. The highest BCUT2D eigenvalue weighted by Crippen LogP contribution is 2.15. The minimum Gasteiger partial charge on any atom is -0.355 e. The maximum Gasteiger partial charge on any atom is 0.236 e. The van der Waals surface area contributed by atoms with E-state index in [9.17, 15) is 9.59 Å². The largest absolute Gasteiger partial charge is 0.355 e. The number of benzene rings is 1. The molecule has 2 rings (SSSR count). The van der Waals surface area contributed by atoms with E-state index >= 15 is 0 Å². The maximum absolute atomic E-state index is 12.0. The van der Waals surface area contributed by atoms with Gasteiger partial charge >= 0.3 is 0 Å². The Bertz CT molecular complexity index is 403. The predicted octanol–water partition coefficient (Wildman–Crippen LogP) is 1.54. The van der Waals surface area contributed by atoms with Crippen LogP contribution in [0.3, 0.4) is 0 Å². The van der Waals surface area contributed by atoms with Gasteiger partial charge in [-0.3, -0.25) is 9.59 Å². The average Bonchev–Trinajstić information content (AvgIpc) is 2.55. The number of amides is 2. The number of rotatable bonds is 2. The predicted molar refractivity (Wildman–Crippen MR) is 65.4 cm³/mol. The molecule has 1 aliphatic heterocycles. The highest BCUT2D eigenvalue weighted by atomic mass is 16.2. The van der Waals surface area contributed by atoms with Crippen LogP contribution in [0.4, 0.5) is 5.69 Å². The number of para-hydroxylation sites is 1. The summed E-state index contributed by atoms with van der Waals surface area (Å²) in [5.74, 6) is -0.927. The lowest BCUT2D eigenvalue weighted by atomic mass is 10.0. The van der Waals surface area contributed by atoms with Crippen molar-refractivity contribution in [1.29, 1.82) is 0 Å². The van der Waals surface area contributed by atoms with Gasteiger partial charge in [-0.05, 0) is 25.0 Å². The first-order valence-corrected chi connectivity index (χ1v) is 5.91. The maximum atomic E-state index is 12.0. The van der Waals surface area contributed by atoms with Crippen molar-refractivity contribution < 1.29 is 9.59 Å². The highest BCUT2D eigenvalue weighted by molar-refractivity contribution is 6.06. The van der Waals surface area contributed by atoms with Gasteiger partial charge in [-0.25, -0.2) is 0 Å². The topological polar surface area (TPSA) is 58.2 Å². The molecular formula is C13H16N2O2. The molecule has 1 aromatic carbocycles. The Labute approximate surface area is 100 Å². The first-order valence-electron chi connectivity index (χ1n) is 5.91. The monoisotopic (exact) mass is 232 g/mol. The molecule has 4 heteroatoms. The van der Waals surface area contributed by atoms with E-state index in [4.69, 9.17) is 0 Å². The first-order chi connectivity index (χ1) is 8.27. The number of carbonyl (C=O) groups is 2. The van der Waals surface area contributed by atoms with Crippen molar-refractivity contribution in [2.75, 3.05) is 11.9 Å².